The fourth-order valence-corrected chi connectivity index (χ4v) is 1.74. The summed E-state index contributed by atoms with van der Waals surface area (Å²) in [7, 11) is 0. The van der Waals surface area contributed by atoms with Gasteiger partial charge in [-0.05, 0) is 33.6 Å². The molecule has 0 aromatic carbocycles. The Morgan fingerprint density at radius 1 is 1.47 bits per heavy atom. The van der Waals surface area contributed by atoms with Crippen LogP contribution in [-0.4, -0.2) is 40.3 Å². The molecular weight excluding hydrogens is 198 g/mol. The maximum atomic E-state index is 11.6. The summed E-state index contributed by atoms with van der Waals surface area (Å²) in [4.78, 5) is 24.0. The highest BCUT2D eigenvalue weighted by molar-refractivity contribution is 5.84. The first-order valence-corrected chi connectivity index (χ1v) is 5.09. The Labute approximate surface area is 89.0 Å². The molecule has 1 fully saturated rings. The normalized spacial score (nSPS) is 25.7. The SMILES string of the molecule is CC(C)OC(=O)N1CCCC1(C)C(=O)O. The number of aliphatic carboxylic acids is 1. The van der Waals surface area contributed by atoms with E-state index in [2.05, 4.69) is 0 Å². The number of amides is 1. The average Bonchev–Trinajstić information content (AvgIpc) is 2.47. The van der Waals surface area contributed by atoms with Crippen LogP contribution in [0.25, 0.3) is 0 Å². The molecule has 0 aromatic heterocycles. The highest BCUT2D eigenvalue weighted by Crippen LogP contribution is 2.29. The largest absolute Gasteiger partial charge is 0.480 e. The van der Waals surface area contributed by atoms with Crippen LogP contribution in [0.15, 0.2) is 0 Å². The van der Waals surface area contributed by atoms with E-state index < -0.39 is 17.6 Å². The van der Waals surface area contributed by atoms with Crippen LogP contribution in [0.1, 0.15) is 33.6 Å². The van der Waals surface area contributed by atoms with E-state index in [1.807, 2.05) is 0 Å². The van der Waals surface area contributed by atoms with E-state index in [4.69, 9.17) is 9.84 Å². The van der Waals surface area contributed by atoms with Gasteiger partial charge in [-0.15, -0.1) is 0 Å². The monoisotopic (exact) mass is 215 g/mol. The minimum absolute atomic E-state index is 0.226. The van der Waals surface area contributed by atoms with Crippen LogP contribution >= 0.6 is 0 Å². The molecule has 1 unspecified atom stereocenters. The molecule has 1 aliphatic rings. The molecule has 1 rings (SSSR count). The van der Waals surface area contributed by atoms with E-state index in [1.54, 1.807) is 20.8 Å². The Kier molecular flexibility index (Phi) is 3.21. The van der Waals surface area contributed by atoms with Gasteiger partial charge in [-0.3, -0.25) is 4.90 Å². The maximum Gasteiger partial charge on any atom is 0.410 e. The Morgan fingerprint density at radius 3 is 2.53 bits per heavy atom. The number of carbonyl (C=O) groups is 2. The molecule has 0 saturated carbocycles. The third kappa shape index (κ3) is 2.22. The second-order valence-corrected chi connectivity index (χ2v) is 4.27. The molecule has 1 amide bonds. The van der Waals surface area contributed by atoms with Crippen LogP contribution in [0.4, 0.5) is 4.79 Å². The number of rotatable bonds is 2. The van der Waals surface area contributed by atoms with Crippen LogP contribution in [0.3, 0.4) is 0 Å². The zero-order valence-electron chi connectivity index (χ0n) is 9.32. The van der Waals surface area contributed by atoms with Crippen LogP contribution in [0.5, 0.6) is 0 Å². The van der Waals surface area contributed by atoms with Crippen molar-refractivity contribution >= 4 is 12.1 Å². The lowest BCUT2D eigenvalue weighted by molar-refractivity contribution is -0.147. The third-order valence-electron chi connectivity index (χ3n) is 2.66. The molecule has 1 heterocycles. The number of ether oxygens (including phenoxy) is 1. The first kappa shape index (κ1) is 11.8. The number of carbonyl (C=O) groups excluding carboxylic acids is 1. The first-order valence-electron chi connectivity index (χ1n) is 5.09. The Morgan fingerprint density at radius 2 is 2.07 bits per heavy atom. The summed E-state index contributed by atoms with van der Waals surface area (Å²) in [5.74, 6) is -0.972. The van der Waals surface area contributed by atoms with E-state index in [0.29, 0.717) is 19.4 Å². The van der Waals surface area contributed by atoms with Gasteiger partial charge in [-0.2, -0.15) is 0 Å². The Balaban J connectivity index is 2.76. The van der Waals surface area contributed by atoms with Gasteiger partial charge in [0.05, 0.1) is 6.10 Å². The quantitative estimate of drug-likeness (QED) is 0.757. The fourth-order valence-electron chi connectivity index (χ4n) is 1.74. The smallest absolute Gasteiger partial charge is 0.410 e. The summed E-state index contributed by atoms with van der Waals surface area (Å²) >= 11 is 0. The molecule has 86 valence electrons. The molecule has 0 bridgehead atoms. The van der Waals surface area contributed by atoms with E-state index >= 15 is 0 Å². The minimum atomic E-state index is -1.11. The highest BCUT2D eigenvalue weighted by Gasteiger charge is 2.46. The molecule has 0 radical (unpaired) electrons. The lowest BCUT2D eigenvalue weighted by Gasteiger charge is -2.30. The van der Waals surface area contributed by atoms with Crippen molar-refractivity contribution in [3.05, 3.63) is 0 Å². The topological polar surface area (TPSA) is 66.8 Å². The average molecular weight is 215 g/mol. The molecule has 15 heavy (non-hydrogen) atoms. The molecule has 1 saturated heterocycles. The summed E-state index contributed by atoms with van der Waals surface area (Å²) in [6.07, 6.45) is 0.425. The highest BCUT2D eigenvalue weighted by atomic mass is 16.6. The minimum Gasteiger partial charge on any atom is -0.480 e. The standard InChI is InChI=1S/C10H17NO4/c1-7(2)15-9(14)11-6-4-5-10(11,3)8(12)13/h7H,4-6H2,1-3H3,(H,12,13). The van der Waals surface area contributed by atoms with Crippen LogP contribution in [0, 0.1) is 0 Å². The zero-order chi connectivity index (χ0) is 11.6. The van der Waals surface area contributed by atoms with Crippen molar-refractivity contribution in [3.63, 3.8) is 0 Å². The van der Waals surface area contributed by atoms with Gasteiger partial charge in [0.2, 0.25) is 0 Å². The van der Waals surface area contributed by atoms with Crippen molar-refractivity contribution in [2.75, 3.05) is 6.54 Å². The molecule has 0 aliphatic carbocycles. The number of carboxylic acids is 1. The van der Waals surface area contributed by atoms with Crippen molar-refractivity contribution in [2.45, 2.75) is 45.3 Å². The molecule has 5 heteroatoms. The molecule has 1 N–H and O–H groups in total. The second kappa shape index (κ2) is 4.08. The van der Waals surface area contributed by atoms with Crippen molar-refractivity contribution < 1.29 is 19.4 Å². The van der Waals surface area contributed by atoms with E-state index in [0.717, 1.165) is 0 Å². The molecule has 1 aliphatic heterocycles. The summed E-state index contributed by atoms with van der Waals surface area (Å²) in [5.41, 5.74) is -1.11. The molecule has 0 spiro atoms. The van der Waals surface area contributed by atoms with Gasteiger partial charge in [-0.1, -0.05) is 0 Å². The van der Waals surface area contributed by atoms with Crippen molar-refractivity contribution in [1.29, 1.82) is 0 Å². The van der Waals surface area contributed by atoms with Gasteiger partial charge in [0.1, 0.15) is 5.54 Å². The lowest BCUT2D eigenvalue weighted by atomic mass is 10.00. The van der Waals surface area contributed by atoms with Gasteiger partial charge in [0.15, 0.2) is 0 Å². The van der Waals surface area contributed by atoms with Crippen molar-refractivity contribution in [3.8, 4) is 0 Å². The number of likely N-dealkylation sites (tertiary alicyclic amines) is 1. The number of hydrogen-bond donors (Lipinski definition) is 1. The van der Waals surface area contributed by atoms with Crippen LogP contribution in [-0.2, 0) is 9.53 Å². The summed E-state index contributed by atoms with van der Waals surface area (Å²) in [6, 6.07) is 0. The molecule has 5 nitrogen and oxygen atoms in total. The van der Waals surface area contributed by atoms with Crippen molar-refractivity contribution in [2.24, 2.45) is 0 Å². The summed E-state index contributed by atoms with van der Waals surface area (Å²) < 4.78 is 5.00. The van der Waals surface area contributed by atoms with Crippen LogP contribution in [0.2, 0.25) is 0 Å². The first-order chi connectivity index (χ1) is 6.88. The zero-order valence-corrected chi connectivity index (χ0v) is 9.32. The Bertz CT molecular complexity index is 277. The van der Waals surface area contributed by atoms with Gasteiger partial charge in [-0.25, -0.2) is 9.59 Å². The fraction of sp³-hybridized carbons (Fsp3) is 0.800. The summed E-state index contributed by atoms with van der Waals surface area (Å²) in [6.45, 7) is 5.50. The Hall–Kier alpha value is -1.26. The molecular formula is C10H17NO4. The van der Waals surface area contributed by atoms with Crippen molar-refractivity contribution in [1.82, 2.24) is 4.90 Å². The predicted molar refractivity (Wildman–Crippen MR) is 53.6 cm³/mol. The van der Waals surface area contributed by atoms with Gasteiger partial charge in [0.25, 0.3) is 0 Å². The van der Waals surface area contributed by atoms with E-state index in [-0.39, 0.29) is 6.10 Å². The van der Waals surface area contributed by atoms with Crippen LogP contribution < -0.4 is 0 Å². The summed E-state index contributed by atoms with van der Waals surface area (Å²) in [5, 5.41) is 9.08. The van der Waals surface area contributed by atoms with Gasteiger partial charge >= 0.3 is 12.1 Å². The van der Waals surface area contributed by atoms with E-state index in [9.17, 15) is 9.59 Å². The second-order valence-electron chi connectivity index (χ2n) is 4.27. The third-order valence-corrected chi connectivity index (χ3v) is 2.66. The maximum absolute atomic E-state index is 11.6. The number of nitrogens with zero attached hydrogens (tertiary/aromatic N) is 1. The number of carboxylic acid groups (broad SMARTS) is 1. The lowest BCUT2D eigenvalue weighted by Crippen LogP contribution is -2.51. The van der Waals surface area contributed by atoms with E-state index in [1.165, 1.54) is 4.90 Å². The van der Waals surface area contributed by atoms with Gasteiger partial charge in [0, 0.05) is 6.54 Å². The van der Waals surface area contributed by atoms with Gasteiger partial charge < -0.3 is 9.84 Å². The predicted octanol–water partition coefficient (Wildman–Crippen LogP) is 1.47. The number of hydrogen-bond acceptors (Lipinski definition) is 3. The molecule has 1 atom stereocenters. The molecule has 0 aromatic rings.